The molecule has 2 aliphatic heterocycles. The lowest BCUT2D eigenvalue weighted by molar-refractivity contribution is 0.00535. The van der Waals surface area contributed by atoms with Crippen LogP contribution in [0.3, 0.4) is 0 Å². The second-order valence-corrected chi connectivity index (χ2v) is 9.55. The number of likely N-dealkylation sites (tertiary alicyclic amines) is 1. The average Bonchev–Trinajstić information content (AvgIpc) is 3.22. The summed E-state index contributed by atoms with van der Waals surface area (Å²) in [5.74, 6) is 1.36. The maximum Gasteiger partial charge on any atom is 0.219 e. The number of ether oxygens (including phenoxy) is 1. The molecule has 5 nitrogen and oxygen atoms in total. The lowest BCUT2D eigenvalue weighted by atomic mass is 9.74. The number of pyridine rings is 1. The highest BCUT2D eigenvalue weighted by Gasteiger charge is 2.45. The smallest absolute Gasteiger partial charge is 0.219 e. The second-order valence-electron chi connectivity index (χ2n) is 9.15. The second kappa shape index (κ2) is 7.98. The fraction of sp³-hybridized carbons (Fsp3) is 0.346. The summed E-state index contributed by atoms with van der Waals surface area (Å²) in [6, 6.07) is 17.7. The van der Waals surface area contributed by atoms with Crippen LogP contribution in [-0.4, -0.2) is 46.6 Å². The van der Waals surface area contributed by atoms with E-state index in [0.717, 1.165) is 34.0 Å². The van der Waals surface area contributed by atoms with Gasteiger partial charge in [-0.3, -0.25) is 0 Å². The van der Waals surface area contributed by atoms with Crippen molar-refractivity contribution in [2.24, 2.45) is 0 Å². The van der Waals surface area contributed by atoms with Crippen LogP contribution in [0.15, 0.2) is 67.0 Å². The highest BCUT2D eigenvalue weighted by molar-refractivity contribution is 6.34. The summed E-state index contributed by atoms with van der Waals surface area (Å²) >= 11 is 6.72. The molecule has 1 aromatic heterocycles. The Morgan fingerprint density at radius 2 is 1.81 bits per heavy atom. The fourth-order valence-electron chi connectivity index (χ4n) is 4.96. The van der Waals surface area contributed by atoms with Gasteiger partial charge in [0.05, 0.1) is 28.4 Å². The number of hydrogen-bond donors (Lipinski definition) is 0. The van der Waals surface area contributed by atoms with Gasteiger partial charge in [0.15, 0.2) is 0 Å². The van der Waals surface area contributed by atoms with Crippen LogP contribution in [-0.2, 0) is 0 Å². The Labute approximate surface area is 193 Å². The molecule has 164 valence electrons. The molecular weight excluding hydrogens is 420 g/mol. The first-order chi connectivity index (χ1) is 15.7. The van der Waals surface area contributed by atoms with Crippen molar-refractivity contribution in [1.29, 1.82) is 0 Å². The zero-order chi connectivity index (χ0) is 21.5. The minimum Gasteiger partial charge on any atom is -0.439 e. The van der Waals surface area contributed by atoms with Crippen LogP contribution in [0.2, 0.25) is 5.02 Å². The van der Waals surface area contributed by atoms with Crippen LogP contribution in [0.4, 0.5) is 5.69 Å². The van der Waals surface area contributed by atoms with Crippen molar-refractivity contribution in [3.8, 4) is 11.6 Å². The standard InChI is InChI=1S/C26H27ClN4O/c27-22-16-20-8-9-25(32-21-6-2-1-3-7-21)28-23(20)17-24(22)30-14-15-31(19-30)26(10-4-11-26)18-29-12-5-13-29/h1-3,6-9,14-17H,4-5,10-13,18-19H2. The van der Waals surface area contributed by atoms with E-state index in [1.807, 2.05) is 48.5 Å². The average molecular weight is 447 g/mol. The lowest BCUT2D eigenvalue weighted by Gasteiger charge is -2.52. The molecule has 1 saturated heterocycles. The molecule has 1 aliphatic carbocycles. The monoisotopic (exact) mass is 446 g/mol. The largest absolute Gasteiger partial charge is 0.439 e. The maximum absolute atomic E-state index is 6.72. The highest BCUT2D eigenvalue weighted by atomic mass is 35.5. The molecule has 3 aromatic rings. The molecule has 1 saturated carbocycles. The van der Waals surface area contributed by atoms with Gasteiger partial charge in [-0.15, -0.1) is 0 Å². The zero-order valence-electron chi connectivity index (χ0n) is 18.1. The molecule has 0 N–H and O–H groups in total. The molecule has 0 unspecified atom stereocenters. The number of halogens is 1. The van der Waals surface area contributed by atoms with E-state index in [2.05, 4.69) is 33.2 Å². The van der Waals surface area contributed by atoms with Gasteiger partial charge in [-0.25, -0.2) is 4.98 Å². The number of nitrogens with zero attached hydrogens (tertiary/aromatic N) is 4. The number of benzene rings is 2. The summed E-state index contributed by atoms with van der Waals surface area (Å²) in [7, 11) is 0. The summed E-state index contributed by atoms with van der Waals surface area (Å²) in [4.78, 5) is 12.1. The third kappa shape index (κ3) is 3.59. The molecule has 6 rings (SSSR count). The van der Waals surface area contributed by atoms with Crippen molar-refractivity contribution in [2.75, 3.05) is 31.2 Å². The number of hydrogen-bond acceptors (Lipinski definition) is 5. The molecule has 0 amide bonds. The molecule has 6 heteroatoms. The summed E-state index contributed by atoms with van der Waals surface area (Å²) in [6.07, 6.45) is 9.62. The van der Waals surface area contributed by atoms with Crippen LogP contribution in [0, 0.1) is 0 Å². The Morgan fingerprint density at radius 1 is 0.969 bits per heavy atom. The number of fused-ring (bicyclic) bond motifs is 1. The number of anilines is 1. The van der Waals surface area contributed by atoms with Crippen molar-refractivity contribution in [2.45, 2.75) is 31.2 Å². The predicted molar refractivity (Wildman–Crippen MR) is 129 cm³/mol. The normalized spacial score (nSPS) is 19.8. The number of rotatable bonds is 6. The van der Waals surface area contributed by atoms with Crippen molar-refractivity contribution in [3.05, 3.63) is 72.0 Å². The third-order valence-corrected chi connectivity index (χ3v) is 7.40. The molecule has 2 aromatic carbocycles. The van der Waals surface area contributed by atoms with Gasteiger partial charge in [0.25, 0.3) is 0 Å². The Kier molecular flexibility index (Phi) is 4.96. The van der Waals surface area contributed by atoms with Gasteiger partial charge < -0.3 is 19.4 Å². The van der Waals surface area contributed by atoms with Gasteiger partial charge in [-0.2, -0.15) is 0 Å². The van der Waals surface area contributed by atoms with Gasteiger partial charge in [0, 0.05) is 30.4 Å². The third-order valence-electron chi connectivity index (χ3n) is 7.10. The van der Waals surface area contributed by atoms with Gasteiger partial charge in [0.1, 0.15) is 5.75 Å². The van der Waals surface area contributed by atoms with E-state index in [1.54, 1.807) is 0 Å². The summed E-state index contributed by atoms with van der Waals surface area (Å²) in [5.41, 5.74) is 2.15. The Morgan fingerprint density at radius 3 is 2.53 bits per heavy atom. The molecule has 0 radical (unpaired) electrons. The quantitative estimate of drug-likeness (QED) is 0.473. The van der Waals surface area contributed by atoms with E-state index in [4.69, 9.17) is 21.3 Å². The minimum absolute atomic E-state index is 0.282. The first kappa shape index (κ1) is 19.9. The van der Waals surface area contributed by atoms with Crippen LogP contribution < -0.4 is 9.64 Å². The summed E-state index contributed by atoms with van der Waals surface area (Å²) in [5, 5.41) is 1.75. The highest BCUT2D eigenvalue weighted by Crippen LogP contribution is 2.42. The van der Waals surface area contributed by atoms with E-state index in [9.17, 15) is 0 Å². The van der Waals surface area contributed by atoms with Crippen molar-refractivity contribution in [1.82, 2.24) is 14.8 Å². The molecule has 3 aliphatic rings. The van der Waals surface area contributed by atoms with Crippen LogP contribution in [0.25, 0.3) is 10.9 Å². The number of aromatic nitrogens is 1. The summed E-state index contributed by atoms with van der Waals surface area (Å²) in [6.45, 7) is 4.51. The van der Waals surface area contributed by atoms with E-state index in [0.29, 0.717) is 5.88 Å². The van der Waals surface area contributed by atoms with Crippen molar-refractivity contribution < 1.29 is 4.74 Å². The summed E-state index contributed by atoms with van der Waals surface area (Å²) < 4.78 is 5.93. The van der Waals surface area contributed by atoms with Crippen LogP contribution in [0.1, 0.15) is 25.7 Å². The fourth-order valence-corrected chi connectivity index (χ4v) is 5.24. The van der Waals surface area contributed by atoms with Crippen molar-refractivity contribution in [3.63, 3.8) is 0 Å². The van der Waals surface area contributed by atoms with Crippen LogP contribution in [0.5, 0.6) is 11.6 Å². The minimum atomic E-state index is 0.282. The van der Waals surface area contributed by atoms with E-state index < -0.39 is 0 Å². The molecule has 0 spiro atoms. The zero-order valence-corrected chi connectivity index (χ0v) is 18.8. The molecular formula is C26H27ClN4O. The molecule has 0 atom stereocenters. The molecule has 2 fully saturated rings. The van der Waals surface area contributed by atoms with E-state index in [-0.39, 0.29) is 5.54 Å². The van der Waals surface area contributed by atoms with E-state index >= 15 is 0 Å². The topological polar surface area (TPSA) is 31.8 Å². The van der Waals surface area contributed by atoms with Crippen LogP contribution >= 0.6 is 11.6 Å². The maximum atomic E-state index is 6.72. The van der Waals surface area contributed by atoms with Gasteiger partial charge in [-0.05, 0) is 69.1 Å². The lowest BCUT2D eigenvalue weighted by Crippen LogP contribution is -2.60. The van der Waals surface area contributed by atoms with Gasteiger partial charge >= 0.3 is 0 Å². The van der Waals surface area contributed by atoms with E-state index in [1.165, 1.54) is 45.3 Å². The Balaban J connectivity index is 1.24. The number of para-hydroxylation sites is 1. The Hall–Kier alpha value is -2.76. The van der Waals surface area contributed by atoms with Gasteiger partial charge in [0.2, 0.25) is 5.88 Å². The molecule has 3 heterocycles. The Bertz CT molecular complexity index is 1160. The first-order valence-electron chi connectivity index (χ1n) is 11.5. The molecule has 32 heavy (non-hydrogen) atoms. The van der Waals surface area contributed by atoms with Gasteiger partial charge in [-0.1, -0.05) is 29.8 Å². The SMILES string of the molecule is Clc1cc2ccc(Oc3ccccc3)nc2cc1N1C=CN(C2(CN3CCC3)CCC2)C1. The van der Waals surface area contributed by atoms with Crippen molar-refractivity contribution >= 4 is 28.2 Å². The molecule has 0 bridgehead atoms. The first-order valence-corrected chi connectivity index (χ1v) is 11.8. The predicted octanol–water partition coefficient (Wildman–Crippen LogP) is 5.86.